The van der Waals surface area contributed by atoms with Gasteiger partial charge in [-0.3, -0.25) is 0 Å². The molecule has 4 heteroatoms. The maximum absolute atomic E-state index is 5.27. The maximum Gasteiger partial charge on any atom is 0.228 e. The Morgan fingerprint density at radius 3 is 2.42 bits per heavy atom. The predicted octanol–water partition coefficient (Wildman–Crippen LogP) is 3.01. The van der Waals surface area contributed by atoms with Crippen molar-refractivity contribution in [3.63, 3.8) is 0 Å². The van der Waals surface area contributed by atoms with E-state index in [9.17, 15) is 0 Å². The highest BCUT2D eigenvalue weighted by Crippen LogP contribution is 2.20. The first-order chi connectivity index (χ1) is 9.10. The van der Waals surface area contributed by atoms with Crippen LogP contribution in [0.15, 0.2) is 28.8 Å². The zero-order valence-corrected chi connectivity index (χ0v) is 12.0. The summed E-state index contributed by atoms with van der Waals surface area (Å²) in [5.74, 6) is 1.87. The summed E-state index contributed by atoms with van der Waals surface area (Å²) in [7, 11) is 1.92. The van der Waals surface area contributed by atoms with E-state index >= 15 is 0 Å². The van der Waals surface area contributed by atoms with E-state index in [1.165, 1.54) is 5.56 Å². The van der Waals surface area contributed by atoms with Gasteiger partial charge in [-0.15, -0.1) is 0 Å². The lowest BCUT2D eigenvalue weighted by atomic mass is 10.0. The molecule has 1 aromatic carbocycles. The Morgan fingerprint density at radius 1 is 1.16 bits per heavy atom. The second-order valence-electron chi connectivity index (χ2n) is 5.18. The topological polar surface area (TPSA) is 51.0 Å². The summed E-state index contributed by atoms with van der Waals surface area (Å²) in [6.45, 7) is 6.45. The molecule has 0 bridgehead atoms. The van der Waals surface area contributed by atoms with Gasteiger partial charge in [-0.2, -0.15) is 4.98 Å². The highest BCUT2D eigenvalue weighted by atomic mass is 16.5. The lowest BCUT2D eigenvalue weighted by molar-refractivity contribution is 0.365. The zero-order valence-electron chi connectivity index (χ0n) is 12.0. The highest BCUT2D eigenvalue weighted by molar-refractivity contribution is 5.54. The molecule has 102 valence electrons. The second kappa shape index (κ2) is 5.97. The number of aromatic nitrogens is 2. The molecule has 2 rings (SSSR count). The standard InChI is InChI=1S/C15H21N3O/c1-10(2)12-5-7-13(8-6-12)15-17-14(19-18-15)9-11(3)16-4/h5-8,10-11,16H,9H2,1-4H3. The SMILES string of the molecule is CNC(C)Cc1nc(-c2ccc(C(C)C)cc2)no1. The van der Waals surface area contributed by atoms with Crippen LogP contribution in [0.1, 0.15) is 38.1 Å². The van der Waals surface area contributed by atoms with Crippen LogP contribution in [0.3, 0.4) is 0 Å². The molecule has 19 heavy (non-hydrogen) atoms. The van der Waals surface area contributed by atoms with Crippen LogP contribution in [0.25, 0.3) is 11.4 Å². The van der Waals surface area contributed by atoms with Crippen molar-refractivity contribution in [3.8, 4) is 11.4 Å². The van der Waals surface area contributed by atoms with Crippen LogP contribution in [0.4, 0.5) is 0 Å². The summed E-state index contributed by atoms with van der Waals surface area (Å²) in [5, 5.41) is 7.19. The Hall–Kier alpha value is -1.68. The molecule has 2 aromatic rings. The number of likely N-dealkylation sites (N-methyl/N-ethyl adjacent to an activating group) is 1. The van der Waals surface area contributed by atoms with Crippen molar-refractivity contribution < 1.29 is 4.52 Å². The summed E-state index contributed by atoms with van der Waals surface area (Å²) in [6, 6.07) is 8.66. The van der Waals surface area contributed by atoms with Gasteiger partial charge in [0.2, 0.25) is 11.7 Å². The summed E-state index contributed by atoms with van der Waals surface area (Å²) in [6.07, 6.45) is 0.744. The summed E-state index contributed by atoms with van der Waals surface area (Å²) < 4.78 is 5.27. The van der Waals surface area contributed by atoms with E-state index in [4.69, 9.17) is 4.52 Å². The average Bonchev–Trinajstić information content (AvgIpc) is 2.87. The molecule has 4 nitrogen and oxygen atoms in total. The monoisotopic (exact) mass is 259 g/mol. The predicted molar refractivity (Wildman–Crippen MR) is 76.0 cm³/mol. The van der Waals surface area contributed by atoms with Gasteiger partial charge in [-0.25, -0.2) is 0 Å². The van der Waals surface area contributed by atoms with E-state index in [0.29, 0.717) is 23.7 Å². The van der Waals surface area contributed by atoms with E-state index in [1.807, 2.05) is 19.2 Å². The molecule has 0 saturated carbocycles. The van der Waals surface area contributed by atoms with E-state index in [1.54, 1.807) is 0 Å². The lowest BCUT2D eigenvalue weighted by Crippen LogP contribution is -2.23. The molecule has 0 amide bonds. The molecular formula is C15H21N3O. The normalized spacial score (nSPS) is 12.9. The van der Waals surface area contributed by atoms with Crippen molar-refractivity contribution in [3.05, 3.63) is 35.7 Å². The Balaban J connectivity index is 2.13. The first-order valence-corrected chi connectivity index (χ1v) is 6.70. The number of nitrogens with zero attached hydrogens (tertiary/aromatic N) is 2. The Morgan fingerprint density at radius 2 is 1.84 bits per heavy atom. The molecule has 0 aliphatic carbocycles. The smallest absolute Gasteiger partial charge is 0.228 e. The van der Waals surface area contributed by atoms with Gasteiger partial charge in [0.1, 0.15) is 0 Å². The molecule has 1 N–H and O–H groups in total. The highest BCUT2D eigenvalue weighted by Gasteiger charge is 2.11. The Kier molecular flexibility index (Phi) is 4.32. The summed E-state index contributed by atoms with van der Waals surface area (Å²) >= 11 is 0. The van der Waals surface area contributed by atoms with Crippen LogP contribution in [-0.2, 0) is 6.42 Å². The van der Waals surface area contributed by atoms with Gasteiger partial charge in [0.15, 0.2) is 0 Å². The van der Waals surface area contributed by atoms with Crippen LogP contribution >= 0.6 is 0 Å². The van der Waals surface area contributed by atoms with E-state index in [0.717, 1.165) is 12.0 Å². The first-order valence-electron chi connectivity index (χ1n) is 6.70. The van der Waals surface area contributed by atoms with Crippen molar-refractivity contribution >= 4 is 0 Å². The third-order valence-electron chi connectivity index (χ3n) is 3.28. The molecule has 1 aromatic heterocycles. The van der Waals surface area contributed by atoms with Crippen LogP contribution in [0, 0.1) is 0 Å². The van der Waals surface area contributed by atoms with Gasteiger partial charge < -0.3 is 9.84 Å². The van der Waals surface area contributed by atoms with E-state index in [-0.39, 0.29) is 0 Å². The quantitative estimate of drug-likeness (QED) is 0.896. The van der Waals surface area contributed by atoms with Crippen molar-refractivity contribution in [1.82, 2.24) is 15.5 Å². The molecule has 0 saturated heterocycles. The van der Waals surface area contributed by atoms with Crippen LogP contribution in [-0.4, -0.2) is 23.2 Å². The molecule has 0 radical (unpaired) electrons. The molecule has 1 heterocycles. The van der Waals surface area contributed by atoms with Gasteiger partial charge >= 0.3 is 0 Å². The van der Waals surface area contributed by atoms with Gasteiger partial charge in [0.25, 0.3) is 0 Å². The minimum atomic E-state index is 0.330. The molecular weight excluding hydrogens is 238 g/mol. The van der Waals surface area contributed by atoms with Gasteiger partial charge in [-0.1, -0.05) is 43.3 Å². The van der Waals surface area contributed by atoms with Crippen LogP contribution in [0.2, 0.25) is 0 Å². The number of benzene rings is 1. The first kappa shape index (κ1) is 13.7. The molecule has 0 aliphatic heterocycles. The van der Waals surface area contributed by atoms with E-state index < -0.39 is 0 Å². The molecule has 1 unspecified atom stereocenters. The molecule has 0 spiro atoms. The zero-order chi connectivity index (χ0) is 13.8. The maximum atomic E-state index is 5.27. The minimum Gasteiger partial charge on any atom is -0.339 e. The number of hydrogen-bond acceptors (Lipinski definition) is 4. The van der Waals surface area contributed by atoms with Crippen LogP contribution < -0.4 is 5.32 Å². The Bertz CT molecular complexity index is 516. The van der Waals surface area contributed by atoms with Gasteiger partial charge in [0.05, 0.1) is 0 Å². The number of nitrogens with one attached hydrogen (secondary N) is 1. The molecule has 0 aliphatic rings. The fourth-order valence-electron chi connectivity index (χ4n) is 1.84. The fraction of sp³-hybridized carbons (Fsp3) is 0.467. The van der Waals surface area contributed by atoms with Crippen molar-refractivity contribution in [2.24, 2.45) is 0 Å². The summed E-state index contributed by atoms with van der Waals surface area (Å²) in [5.41, 5.74) is 2.31. The van der Waals surface area contributed by atoms with Crippen molar-refractivity contribution in [1.29, 1.82) is 0 Å². The lowest BCUT2D eigenvalue weighted by Gasteiger charge is -2.05. The third kappa shape index (κ3) is 3.41. The molecule has 1 atom stereocenters. The average molecular weight is 259 g/mol. The molecule has 0 fully saturated rings. The van der Waals surface area contributed by atoms with Crippen molar-refractivity contribution in [2.45, 2.75) is 39.2 Å². The largest absolute Gasteiger partial charge is 0.339 e. The van der Waals surface area contributed by atoms with Gasteiger partial charge in [-0.05, 0) is 25.5 Å². The third-order valence-corrected chi connectivity index (χ3v) is 3.28. The van der Waals surface area contributed by atoms with Gasteiger partial charge in [0, 0.05) is 18.0 Å². The van der Waals surface area contributed by atoms with Crippen LogP contribution in [0.5, 0.6) is 0 Å². The second-order valence-corrected chi connectivity index (χ2v) is 5.18. The van der Waals surface area contributed by atoms with Crippen molar-refractivity contribution in [2.75, 3.05) is 7.05 Å². The Labute approximate surface area is 114 Å². The summed E-state index contributed by atoms with van der Waals surface area (Å²) in [4.78, 5) is 4.43. The number of hydrogen-bond donors (Lipinski definition) is 1. The fourth-order valence-corrected chi connectivity index (χ4v) is 1.84. The number of rotatable bonds is 5. The minimum absolute atomic E-state index is 0.330. The van der Waals surface area contributed by atoms with E-state index in [2.05, 4.69) is 48.4 Å².